The Morgan fingerprint density at radius 2 is 0.415 bits per heavy atom. The second-order valence-electron chi connectivity index (χ2n) is 11.1. The largest absolute Gasteiger partial charge is 0.478 e. The van der Waals surface area contributed by atoms with Gasteiger partial charge in [-0.25, -0.2) is 38.4 Å². The van der Waals surface area contributed by atoms with Crippen LogP contribution in [0.3, 0.4) is 0 Å². The van der Waals surface area contributed by atoms with E-state index in [4.69, 9.17) is 59.1 Å². The van der Waals surface area contributed by atoms with Crippen molar-refractivity contribution in [1.82, 2.24) is 0 Å². The predicted molar refractivity (Wildman–Crippen MR) is 201 cm³/mol. The Labute approximate surface area is 371 Å². The van der Waals surface area contributed by atoms with Gasteiger partial charge in [0.1, 0.15) is 19.6 Å². The molecule has 12 N–H and O–H groups in total. The second-order valence-corrected chi connectivity index (χ2v) is 16.6. The van der Waals surface area contributed by atoms with Crippen molar-refractivity contribution in [2.24, 2.45) is 0 Å². The maximum absolute atomic E-state index is 10.8. The van der Waals surface area contributed by atoms with Gasteiger partial charge in [-0.1, -0.05) is 24.3 Å². The van der Waals surface area contributed by atoms with Gasteiger partial charge in [-0.3, -0.25) is 18.2 Å². The van der Waals surface area contributed by atoms with Gasteiger partial charge in [0.15, 0.2) is 0 Å². The first-order valence-electron chi connectivity index (χ1n) is 15.3. The molecule has 28 nitrogen and oxygen atoms in total. The zero-order valence-electron chi connectivity index (χ0n) is 30.8. The van der Waals surface area contributed by atoms with Crippen molar-refractivity contribution in [1.29, 1.82) is 0 Å². The molecule has 4 rings (SSSR count). The Hall–Kier alpha value is -7.20. The van der Waals surface area contributed by atoms with E-state index in [2.05, 4.69) is 0 Å². The molecule has 0 saturated carbocycles. The summed E-state index contributed by atoms with van der Waals surface area (Å²) in [5.41, 5.74) is -6.67. The number of carboxylic acids is 8. The Morgan fingerprint density at radius 1 is 0.277 bits per heavy atom. The van der Waals surface area contributed by atoms with Gasteiger partial charge < -0.3 is 40.9 Å². The SMILES string of the molecule is O=C(O)c1cccc(S(=O)(=O)O)c1C(=O)O.O=C(O)c1cccc(S(=O)(=O)O)c1C(=O)O.O=C(O)c1cccc(S(=O)(=O)O)c1C(=O)O.O=C(O)c1cccc(S(=O)(=O)O)c1C(=O)O.[Cu]. The second kappa shape index (κ2) is 22.4. The number of carbonyl (C=O) groups is 8. The summed E-state index contributed by atoms with van der Waals surface area (Å²) < 4.78 is 122. The van der Waals surface area contributed by atoms with Gasteiger partial charge in [0.25, 0.3) is 40.5 Å². The van der Waals surface area contributed by atoms with Crippen molar-refractivity contribution in [3.63, 3.8) is 0 Å². The topological polar surface area (TPSA) is 516 Å². The first kappa shape index (κ1) is 57.8. The van der Waals surface area contributed by atoms with E-state index in [1.165, 1.54) is 0 Å². The summed E-state index contributed by atoms with van der Waals surface area (Å²) in [5.74, 6) is -13.4. The van der Waals surface area contributed by atoms with Crippen LogP contribution in [0.5, 0.6) is 0 Å². The fourth-order valence-corrected chi connectivity index (χ4v) is 7.40. The van der Waals surface area contributed by atoms with Crippen LogP contribution < -0.4 is 0 Å². The molecule has 0 aliphatic carbocycles. The van der Waals surface area contributed by atoms with Crippen LogP contribution in [0.1, 0.15) is 82.9 Å². The van der Waals surface area contributed by atoms with Crippen LogP contribution in [-0.4, -0.2) is 140 Å². The molecule has 65 heavy (non-hydrogen) atoms. The number of hydrogen-bond acceptors (Lipinski definition) is 16. The third-order valence-electron chi connectivity index (χ3n) is 6.99. The van der Waals surface area contributed by atoms with Crippen LogP contribution in [0.25, 0.3) is 0 Å². The number of carboxylic acid groups (broad SMARTS) is 8. The molecular formula is C32H24CuO28S4. The molecule has 0 saturated heterocycles. The molecule has 0 unspecified atom stereocenters. The van der Waals surface area contributed by atoms with Gasteiger partial charge in [-0.2, -0.15) is 33.7 Å². The Kier molecular flexibility index (Phi) is 19.9. The number of rotatable bonds is 12. The van der Waals surface area contributed by atoms with Gasteiger partial charge in [-0.15, -0.1) is 0 Å². The zero-order chi connectivity index (χ0) is 50.0. The maximum Gasteiger partial charge on any atom is 0.338 e. The fourth-order valence-electron chi connectivity index (χ4n) is 4.58. The molecular weight excluding hydrogens is 1020 g/mol. The summed E-state index contributed by atoms with van der Waals surface area (Å²) in [6.07, 6.45) is 0. The summed E-state index contributed by atoms with van der Waals surface area (Å²) in [6.45, 7) is 0. The zero-order valence-corrected chi connectivity index (χ0v) is 35.0. The smallest absolute Gasteiger partial charge is 0.338 e. The van der Waals surface area contributed by atoms with Crippen LogP contribution in [-0.2, 0) is 57.5 Å². The van der Waals surface area contributed by atoms with Crippen LogP contribution >= 0.6 is 0 Å². The van der Waals surface area contributed by atoms with E-state index in [0.717, 1.165) is 72.8 Å². The average Bonchev–Trinajstić information content (AvgIpc) is 3.15. The van der Waals surface area contributed by atoms with E-state index in [1.807, 2.05) is 0 Å². The van der Waals surface area contributed by atoms with Gasteiger partial charge in [0, 0.05) is 17.1 Å². The summed E-state index contributed by atoms with van der Waals surface area (Å²) in [6, 6.07) is 11.1. The Balaban J connectivity index is 0.000000836. The Bertz CT molecular complexity index is 2650. The fraction of sp³-hybridized carbons (Fsp3) is 0. The van der Waals surface area contributed by atoms with Crippen molar-refractivity contribution >= 4 is 88.2 Å². The minimum absolute atomic E-state index is 0. The van der Waals surface area contributed by atoms with Crippen LogP contribution in [0, 0.1) is 0 Å². The third kappa shape index (κ3) is 15.5. The Morgan fingerprint density at radius 3 is 0.508 bits per heavy atom. The van der Waals surface area contributed by atoms with E-state index >= 15 is 0 Å². The molecule has 0 aliphatic rings. The van der Waals surface area contributed by atoms with E-state index < -0.39 is 152 Å². The average molecular weight is 1050 g/mol. The maximum atomic E-state index is 10.8. The molecule has 0 spiro atoms. The van der Waals surface area contributed by atoms with Gasteiger partial charge in [0.2, 0.25) is 0 Å². The summed E-state index contributed by atoms with van der Waals surface area (Å²) in [5, 5.41) is 69.5. The van der Waals surface area contributed by atoms with Gasteiger partial charge in [0.05, 0.1) is 44.5 Å². The van der Waals surface area contributed by atoms with E-state index in [0.29, 0.717) is 0 Å². The quantitative estimate of drug-likeness (QED) is 0.0703. The first-order valence-corrected chi connectivity index (χ1v) is 21.0. The van der Waals surface area contributed by atoms with Crippen molar-refractivity contribution < 1.29 is 148 Å². The van der Waals surface area contributed by atoms with E-state index in [9.17, 15) is 72.0 Å². The van der Waals surface area contributed by atoms with Crippen LogP contribution in [0.15, 0.2) is 92.4 Å². The molecule has 355 valence electrons. The molecule has 0 atom stereocenters. The molecule has 0 fully saturated rings. The molecule has 0 heterocycles. The standard InChI is InChI=1S/4C8H6O7S.Cu/c4*9-7(10)4-2-1-3-5(16(13,14)15)6(4)8(11)12;/h4*1-3H,(H,9,10)(H,11,12)(H,13,14,15);. The normalized spacial score (nSPS) is 10.9. The summed E-state index contributed by atoms with van der Waals surface area (Å²) >= 11 is 0. The molecule has 0 amide bonds. The van der Waals surface area contributed by atoms with Gasteiger partial charge in [-0.05, 0) is 48.5 Å². The van der Waals surface area contributed by atoms with E-state index in [1.54, 1.807) is 0 Å². The minimum atomic E-state index is -4.78. The monoisotopic (exact) mass is 1050 g/mol. The first-order chi connectivity index (χ1) is 29.0. The molecule has 4 aromatic rings. The molecule has 0 bridgehead atoms. The summed E-state index contributed by atoms with van der Waals surface area (Å²) in [4.78, 5) is 81.9. The molecule has 33 heteroatoms. The van der Waals surface area contributed by atoms with Crippen LogP contribution in [0.2, 0.25) is 0 Å². The predicted octanol–water partition coefficient (Wildman–Crippen LogP) is 1.32. The molecule has 0 aromatic heterocycles. The number of aromatic carboxylic acids is 8. The minimum Gasteiger partial charge on any atom is -0.478 e. The number of hydrogen-bond donors (Lipinski definition) is 12. The third-order valence-corrected chi connectivity index (χ3v) is 10.6. The van der Waals surface area contributed by atoms with Crippen LogP contribution in [0.4, 0.5) is 0 Å². The molecule has 4 aromatic carbocycles. The van der Waals surface area contributed by atoms with Crippen molar-refractivity contribution in [2.45, 2.75) is 19.6 Å². The van der Waals surface area contributed by atoms with Crippen molar-refractivity contribution in [2.75, 3.05) is 0 Å². The van der Waals surface area contributed by atoms with Gasteiger partial charge >= 0.3 is 47.8 Å². The van der Waals surface area contributed by atoms with E-state index in [-0.39, 0.29) is 17.1 Å². The van der Waals surface area contributed by atoms with Crippen molar-refractivity contribution in [3.05, 3.63) is 117 Å². The number of benzene rings is 4. The molecule has 1 radical (unpaired) electrons. The van der Waals surface area contributed by atoms with Crippen molar-refractivity contribution in [3.8, 4) is 0 Å². The summed E-state index contributed by atoms with van der Waals surface area (Å²) in [7, 11) is -19.1. The molecule has 0 aliphatic heterocycles.